The smallest absolute Gasteiger partial charge is 0.0458 e. The number of aromatic nitrogens is 1. The third kappa shape index (κ3) is 1.94. The Kier molecular flexibility index (Phi) is 2.82. The Bertz CT molecular complexity index is 755. The second kappa shape index (κ2) is 4.68. The summed E-state index contributed by atoms with van der Waals surface area (Å²) in [6.07, 6.45) is 3.47. The Balaban J connectivity index is 1.73. The zero-order valence-corrected chi connectivity index (χ0v) is 12.0. The maximum Gasteiger partial charge on any atom is 0.0458 e. The van der Waals surface area contributed by atoms with Crippen LogP contribution in [0, 0.1) is 0 Å². The van der Waals surface area contributed by atoms with Crippen LogP contribution in [0.25, 0.3) is 10.9 Å². The molecule has 0 bridgehead atoms. The first-order chi connectivity index (χ1) is 9.81. The van der Waals surface area contributed by atoms with Crippen molar-refractivity contribution >= 4 is 22.5 Å². The predicted octanol–water partition coefficient (Wildman–Crippen LogP) is 5.09. The van der Waals surface area contributed by atoms with E-state index < -0.39 is 0 Å². The lowest BCUT2D eigenvalue weighted by atomic mass is 9.82. The second-order valence-electron chi connectivity index (χ2n) is 5.62. The van der Waals surface area contributed by atoms with E-state index in [1.165, 1.54) is 34.1 Å². The Morgan fingerprint density at radius 3 is 2.65 bits per heavy atom. The number of hydrogen-bond donors (Lipinski definition) is 1. The zero-order chi connectivity index (χ0) is 13.5. The van der Waals surface area contributed by atoms with Gasteiger partial charge in [0, 0.05) is 21.6 Å². The predicted molar refractivity (Wildman–Crippen MR) is 84.5 cm³/mol. The molecule has 3 aromatic rings. The molecule has 2 aromatic carbocycles. The van der Waals surface area contributed by atoms with Gasteiger partial charge in [-0.05, 0) is 54.5 Å². The van der Waals surface area contributed by atoms with E-state index in [0.717, 1.165) is 17.9 Å². The van der Waals surface area contributed by atoms with E-state index in [9.17, 15) is 0 Å². The second-order valence-corrected chi connectivity index (χ2v) is 6.06. The average Bonchev–Trinajstić information content (AvgIpc) is 2.86. The minimum Gasteiger partial charge on any atom is -0.358 e. The summed E-state index contributed by atoms with van der Waals surface area (Å²) in [4.78, 5) is 3.58. The van der Waals surface area contributed by atoms with Gasteiger partial charge in [-0.25, -0.2) is 0 Å². The van der Waals surface area contributed by atoms with E-state index in [0.29, 0.717) is 5.92 Å². The van der Waals surface area contributed by atoms with Crippen LogP contribution >= 0.6 is 11.6 Å². The van der Waals surface area contributed by atoms with Crippen LogP contribution in [0.5, 0.6) is 0 Å². The number of nitrogens with one attached hydrogen (secondary N) is 1. The summed E-state index contributed by atoms with van der Waals surface area (Å²) < 4.78 is 0. The summed E-state index contributed by atoms with van der Waals surface area (Å²) in [5.74, 6) is 0.610. The molecule has 100 valence electrons. The molecule has 1 aliphatic carbocycles. The van der Waals surface area contributed by atoms with E-state index in [1.54, 1.807) is 0 Å². The van der Waals surface area contributed by atoms with E-state index in [-0.39, 0.29) is 0 Å². The van der Waals surface area contributed by atoms with Gasteiger partial charge in [0.1, 0.15) is 0 Å². The highest BCUT2D eigenvalue weighted by Crippen LogP contribution is 2.36. The van der Waals surface area contributed by atoms with Gasteiger partial charge in [-0.15, -0.1) is 0 Å². The first-order valence-electron chi connectivity index (χ1n) is 7.15. The highest BCUT2D eigenvalue weighted by molar-refractivity contribution is 6.30. The molecular weight excluding hydrogens is 266 g/mol. The zero-order valence-electron chi connectivity index (χ0n) is 11.2. The third-order valence-corrected chi connectivity index (χ3v) is 4.69. The van der Waals surface area contributed by atoms with Crippen LogP contribution in [-0.4, -0.2) is 4.98 Å². The van der Waals surface area contributed by atoms with Gasteiger partial charge in [-0.1, -0.05) is 41.9 Å². The number of H-pyrrole nitrogens is 1. The van der Waals surface area contributed by atoms with Gasteiger partial charge in [0.2, 0.25) is 0 Å². The molecule has 0 radical (unpaired) electrons. The van der Waals surface area contributed by atoms with E-state index in [1.807, 2.05) is 12.1 Å². The lowest BCUT2D eigenvalue weighted by Gasteiger charge is -2.23. The summed E-state index contributed by atoms with van der Waals surface area (Å²) in [5, 5.41) is 2.21. The molecule has 0 spiro atoms. The Morgan fingerprint density at radius 1 is 1.00 bits per heavy atom. The Hall–Kier alpha value is -1.73. The summed E-state index contributed by atoms with van der Waals surface area (Å²) in [6.45, 7) is 0. The first-order valence-corrected chi connectivity index (χ1v) is 7.53. The number of aromatic amines is 1. The van der Waals surface area contributed by atoms with Crippen LogP contribution in [0.1, 0.15) is 29.2 Å². The lowest BCUT2D eigenvalue weighted by Crippen LogP contribution is -2.11. The third-order valence-electron chi connectivity index (χ3n) is 4.44. The number of rotatable bonds is 1. The van der Waals surface area contributed by atoms with Crippen molar-refractivity contribution in [2.45, 2.75) is 25.2 Å². The average molecular weight is 282 g/mol. The van der Waals surface area contributed by atoms with Crippen LogP contribution in [0.4, 0.5) is 0 Å². The van der Waals surface area contributed by atoms with E-state index >= 15 is 0 Å². The molecule has 1 heterocycles. The van der Waals surface area contributed by atoms with Gasteiger partial charge in [-0.2, -0.15) is 0 Å². The lowest BCUT2D eigenvalue weighted by molar-refractivity contribution is 0.582. The van der Waals surface area contributed by atoms with Crippen molar-refractivity contribution in [3.63, 3.8) is 0 Å². The summed E-state index contributed by atoms with van der Waals surface area (Å²) in [7, 11) is 0. The van der Waals surface area contributed by atoms with Crippen LogP contribution in [0.15, 0.2) is 48.5 Å². The van der Waals surface area contributed by atoms with Crippen LogP contribution in [0.3, 0.4) is 0 Å². The SMILES string of the molecule is Clc1ccc(C2CCc3[nH]c4ccccc4c3C2)cc1. The van der Waals surface area contributed by atoms with Crippen molar-refractivity contribution in [1.29, 1.82) is 0 Å². The molecule has 1 aromatic heterocycles. The van der Waals surface area contributed by atoms with Gasteiger partial charge in [0.25, 0.3) is 0 Å². The van der Waals surface area contributed by atoms with Crippen LogP contribution < -0.4 is 0 Å². The van der Waals surface area contributed by atoms with Gasteiger partial charge >= 0.3 is 0 Å². The number of fused-ring (bicyclic) bond motifs is 3. The molecule has 1 atom stereocenters. The highest BCUT2D eigenvalue weighted by atomic mass is 35.5. The summed E-state index contributed by atoms with van der Waals surface area (Å²) in [5.41, 5.74) is 5.61. The van der Waals surface area contributed by atoms with Crippen molar-refractivity contribution in [3.05, 3.63) is 70.4 Å². The largest absolute Gasteiger partial charge is 0.358 e. The normalized spacial score (nSPS) is 18.1. The molecule has 20 heavy (non-hydrogen) atoms. The molecule has 0 saturated carbocycles. The number of benzene rings is 2. The molecule has 0 aliphatic heterocycles. The summed E-state index contributed by atoms with van der Waals surface area (Å²) in [6, 6.07) is 17.0. The van der Waals surface area contributed by atoms with Crippen LogP contribution in [0.2, 0.25) is 5.02 Å². The maximum atomic E-state index is 5.99. The molecular formula is C18H16ClN. The van der Waals surface area contributed by atoms with E-state index in [2.05, 4.69) is 41.4 Å². The van der Waals surface area contributed by atoms with Crippen molar-refractivity contribution in [3.8, 4) is 0 Å². The molecule has 0 saturated heterocycles. The fourth-order valence-electron chi connectivity index (χ4n) is 3.39. The highest BCUT2D eigenvalue weighted by Gasteiger charge is 2.23. The molecule has 1 aliphatic rings. The van der Waals surface area contributed by atoms with Gasteiger partial charge in [-0.3, -0.25) is 0 Å². The quantitative estimate of drug-likeness (QED) is 0.639. The minimum atomic E-state index is 0.610. The van der Waals surface area contributed by atoms with Gasteiger partial charge < -0.3 is 4.98 Å². The molecule has 1 unspecified atom stereocenters. The molecule has 2 heteroatoms. The van der Waals surface area contributed by atoms with Crippen molar-refractivity contribution in [2.24, 2.45) is 0 Å². The van der Waals surface area contributed by atoms with Crippen LogP contribution in [-0.2, 0) is 12.8 Å². The van der Waals surface area contributed by atoms with Crippen molar-refractivity contribution in [1.82, 2.24) is 4.98 Å². The van der Waals surface area contributed by atoms with Crippen molar-refractivity contribution < 1.29 is 0 Å². The topological polar surface area (TPSA) is 15.8 Å². The minimum absolute atomic E-state index is 0.610. The number of para-hydroxylation sites is 1. The molecule has 1 N–H and O–H groups in total. The van der Waals surface area contributed by atoms with Gasteiger partial charge in [0.05, 0.1) is 0 Å². The number of halogens is 1. The maximum absolute atomic E-state index is 5.99. The van der Waals surface area contributed by atoms with Gasteiger partial charge in [0.15, 0.2) is 0 Å². The number of aryl methyl sites for hydroxylation is 1. The molecule has 0 amide bonds. The fraction of sp³-hybridized carbons (Fsp3) is 0.222. The Labute approximate surface area is 123 Å². The van der Waals surface area contributed by atoms with Crippen molar-refractivity contribution in [2.75, 3.05) is 0 Å². The molecule has 1 nitrogen and oxygen atoms in total. The number of hydrogen-bond acceptors (Lipinski definition) is 0. The standard InChI is InChI=1S/C18H16ClN/c19-14-8-5-12(6-9-14)13-7-10-18-16(11-13)15-3-1-2-4-17(15)20-18/h1-6,8-9,13,20H,7,10-11H2. The molecule has 0 fully saturated rings. The Morgan fingerprint density at radius 2 is 1.80 bits per heavy atom. The fourth-order valence-corrected chi connectivity index (χ4v) is 3.51. The summed E-state index contributed by atoms with van der Waals surface area (Å²) >= 11 is 5.99. The first kappa shape index (κ1) is 12.0. The molecule has 4 rings (SSSR count). The van der Waals surface area contributed by atoms with E-state index in [4.69, 9.17) is 11.6 Å². The monoisotopic (exact) mass is 281 g/mol.